The van der Waals surface area contributed by atoms with Gasteiger partial charge >= 0.3 is 0 Å². The molecule has 1 fully saturated rings. The third-order valence-electron chi connectivity index (χ3n) is 4.67. The van der Waals surface area contributed by atoms with E-state index in [0.29, 0.717) is 30.3 Å². The van der Waals surface area contributed by atoms with Crippen LogP contribution in [0.25, 0.3) is 10.9 Å². The molecule has 0 saturated carbocycles. The number of ether oxygens (including phenoxy) is 1. The summed E-state index contributed by atoms with van der Waals surface area (Å²) in [6, 6.07) is 12.4. The first kappa shape index (κ1) is 17.9. The zero-order chi connectivity index (χ0) is 18.8. The third-order valence-corrected chi connectivity index (χ3v) is 4.90. The van der Waals surface area contributed by atoms with Crippen molar-refractivity contribution in [3.63, 3.8) is 0 Å². The summed E-state index contributed by atoms with van der Waals surface area (Å²) in [5, 5.41) is 22.3. The molecule has 0 radical (unpaired) electrons. The largest absolute Gasteiger partial charge is 0.508 e. The highest BCUT2D eigenvalue weighted by atomic mass is 35.5. The fraction of sp³-hybridized carbons (Fsp3) is 0.250. The summed E-state index contributed by atoms with van der Waals surface area (Å²) >= 11 is 6.04. The second kappa shape index (κ2) is 7.60. The zero-order valence-electron chi connectivity index (χ0n) is 14.7. The Morgan fingerprint density at radius 3 is 2.70 bits per heavy atom. The van der Waals surface area contributed by atoms with E-state index in [1.807, 2.05) is 12.1 Å². The molecular formula is C20H20ClN3O3. The van der Waals surface area contributed by atoms with E-state index in [9.17, 15) is 10.3 Å². The predicted octanol–water partition coefficient (Wildman–Crippen LogP) is 3.30. The summed E-state index contributed by atoms with van der Waals surface area (Å²) in [6.07, 6.45) is 1.53. The average molecular weight is 386 g/mol. The number of aromatic nitrogens is 1. The summed E-state index contributed by atoms with van der Waals surface area (Å²) in [7, 11) is 0. The van der Waals surface area contributed by atoms with E-state index in [2.05, 4.69) is 4.90 Å². The van der Waals surface area contributed by atoms with E-state index < -0.39 is 0 Å². The van der Waals surface area contributed by atoms with Gasteiger partial charge in [-0.15, -0.1) is 0 Å². The van der Waals surface area contributed by atoms with Gasteiger partial charge in [-0.25, -0.2) is 4.99 Å². The van der Waals surface area contributed by atoms with Crippen LogP contribution in [0.15, 0.2) is 53.7 Å². The van der Waals surface area contributed by atoms with Crippen LogP contribution in [0.2, 0.25) is 5.02 Å². The van der Waals surface area contributed by atoms with E-state index >= 15 is 0 Å². The van der Waals surface area contributed by atoms with E-state index in [1.54, 1.807) is 30.3 Å². The number of halogens is 1. The SMILES string of the molecule is Oc1ccc(N=c2ccn(O)c3cc(Cl)ccc23)cc1CN1CCOCC1. The molecule has 1 aromatic heterocycles. The highest BCUT2D eigenvalue weighted by Crippen LogP contribution is 2.25. The van der Waals surface area contributed by atoms with Gasteiger partial charge in [0.25, 0.3) is 0 Å². The van der Waals surface area contributed by atoms with Crippen LogP contribution in [0.5, 0.6) is 5.75 Å². The maximum Gasteiger partial charge on any atom is 0.120 e. The first-order chi connectivity index (χ1) is 13.1. The number of hydrogen-bond acceptors (Lipinski definition) is 5. The second-order valence-electron chi connectivity index (χ2n) is 6.52. The number of rotatable bonds is 3. The molecule has 0 atom stereocenters. The number of pyridine rings is 1. The molecule has 7 heteroatoms. The fourth-order valence-electron chi connectivity index (χ4n) is 3.23. The molecule has 0 bridgehead atoms. The number of aromatic hydroxyl groups is 1. The maximum absolute atomic E-state index is 10.2. The minimum absolute atomic E-state index is 0.262. The van der Waals surface area contributed by atoms with Crippen LogP contribution >= 0.6 is 11.6 Å². The first-order valence-corrected chi connectivity index (χ1v) is 9.15. The van der Waals surface area contributed by atoms with E-state index in [4.69, 9.17) is 21.3 Å². The fourth-order valence-corrected chi connectivity index (χ4v) is 3.39. The molecule has 0 spiro atoms. The second-order valence-corrected chi connectivity index (χ2v) is 6.96. The van der Waals surface area contributed by atoms with Crippen LogP contribution < -0.4 is 5.36 Å². The Hall–Kier alpha value is -2.54. The molecule has 1 saturated heterocycles. The van der Waals surface area contributed by atoms with Crippen molar-refractivity contribution in [3.05, 3.63) is 64.6 Å². The van der Waals surface area contributed by atoms with Crippen molar-refractivity contribution in [1.82, 2.24) is 9.63 Å². The van der Waals surface area contributed by atoms with E-state index in [-0.39, 0.29) is 5.75 Å². The van der Waals surface area contributed by atoms with Crippen LogP contribution in [0.3, 0.4) is 0 Å². The van der Waals surface area contributed by atoms with Crippen molar-refractivity contribution < 1.29 is 15.1 Å². The predicted molar refractivity (Wildman–Crippen MR) is 104 cm³/mol. The van der Waals surface area contributed by atoms with Gasteiger partial charge < -0.3 is 15.1 Å². The molecule has 0 amide bonds. The number of morpholine rings is 1. The number of fused-ring (bicyclic) bond motifs is 1. The lowest BCUT2D eigenvalue weighted by atomic mass is 10.1. The normalized spacial score (nSPS) is 16.1. The molecule has 6 nitrogen and oxygen atoms in total. The van der Waals surface area contributed by atoms with Gasteiger partial charge in [-0.2, -0.15) is 4.73 Å². The lowest BCUT2D eigenvalue weighted by molar-refractivity contribution is 0.0339. The molecule has 1 aliphatic rings. The van der Waals surface area contributed by atoms with Crippen molar-refractivity contribution in [2.75, 3.05) is 26.3 Å². The third kappa shape index (κ3) is 3.93. The molecule has 0 unspecified atom stereocenters. The minimum atomic E-state index is 0.262. The molecule has 0 aliphatic carbocycles. The Balaban J connectivity index is 1.73. The molecule has 140 valence electrons. The molecule has 3 aromatic rings. The molecular weight excluding hydrogens is 366 g/mol. The Labute approximate surface area is 161 Å². The minimum Gasteiger partial charge on any atom is -0.508 e. The Kier molecular flexibility index (Phi) is 5.03. The quantitative estimate of drug-likeness (QED) is 0.679. The van der Waals surface area contributed by atoms with Gasteiger partial charge in [-0.3, -0.25) is 4.90 Å². The number of phenols is 1. The van der Waals surface area contributed by atoms with Crippen molar-refractivity contribution in [2.24, 2.45) is 4.99 Å². The highest BCUT2D eigenvalue weighted by Gasteiger charge is 2.13. The van der Waals surface area contributed by atoms with Crippen LogP contribution in [-0.4, -0.2) is 46.2 Å². The van der Waals surface area contributed by atoms with Gasteiger partial charge in [0.1, 0.15) is 5.75 Å². The topological polar surface area (TPSA) is 70.2 Å². The van der Waals surface area contributed by atoms with Gasteiger partial charge in [-0.05, 0) is 42.5 Å². The van der Waals surface area contributed by atoms with Crippen LogP contribution in [-0.2, 0) is 11.3 Å². The van der Waals surface area contributed by atoms with Crippen LogP contribution in [0.1, 0.15) is 5.56 Å². The molecule has 1 aliphatic heterocycles. The van der Waals surface area contributed by atoms with Crippen molar-refractivity contribution in [2.45, 2.75) is 6.54 Å². The lowest BCUT2D eigenvalue weighted by Gasteiger charge is -2.26. The molecule has 27 heavy (non-hydrogen) atoms. The van der Waals surface area contributed by atoms with Crippen LogP contribution in [0, 0.1) is 0 Å². The smallest absolute Gasteiger partial charge is 0.120 e. The zero-order valence-corrected chi connectivity index (χ0v) is 15.4. The number of phenolic OH excluding ortho intramolecular Hbond substituents is 1. The summed E-state index contributed by atoms with van der Waals surface area (Å²) < 4.78 is 6.40. The van der Waals surface area contributed by atoms with Gasteiger partial charge in [0.05, 0.1) is 29.8 Å². The number of nitrogens with zero attached hydrogens (tertiary/aromatic N) is 3. The maximum atomic E-state index is 10.2. The van der Waals surface area contributed by atoms with Crippen molar-refractivity contribution in [3.8, 4) is 5.75 Å². The summed E-state index contributed by atoms with van der Waals surface area (Å²) in [6.45, 7) is 3.78. The van der Waals surface area contributed by atoms with E-state index in [0.717, 1.165) is 39.8 Å². The monoisotopic (exact) mass is 385 g/mol. The summed E-state index contributed by atoms with van der Waals surface area (Å²) in [5.74, 6) is 0.262. The Morgan fingerprint density at radius 1 is 1.07 bits per heavy atom. The standard InChI is InChI=1S/C20H20ClN3O3/c21-15-1-3-17-18(5-6-24(26)19(17)12-15)22-16-2-4-20(25)14(11-16)13-23-7-9-27-10-8-23/h1-6,11-12,25-26H,7-10,13H2. The van der Waals surface area contributed by atoms with Gasteiger partial charge in [0, 0.05) is 41.8 Å². The summed E-state index contributed by atoms with van der Waals surface area (Å²) in [5.41, 5.74) is 2.15. The highest BCUT2D eigenvalue weighted by molar-refractivity contribution is 6.31. The molecule has 2 aromatic carbocycles. The van der Waals surface area contributed by atoms with Crippen molar-refractivity contribution >= 4 is 28.2 Å². The Morgan fingerprint density at radius 2 is 1.89 bits per heavy atom. The lowest BCUT2D eigenvalue weighted by Crippen LogP contribution is -2.35. The van der Waals surface area contributed by atoms with Gasteiger partial charge in [0.2, 0.25) is 0 Å². The van der Waals surface area contributed by atoms with Gasteiger partial charge in [0.15, 0.2) is 0 Å². The Bertz CT molecular complexity index is 1040. The number of benzene rings is 2. The molecule has 2 N–H and O–H groups in total. The molecule has 4 rings (SSSR count). The average Bonchev–Trinajstić information content (AvgIpc) is 2.68. The van der Waals surface area contributed by atoms with Crippen molar-refractivity contribution in [1.29, 1.82) is 0 Å². The summed E-state index contributed by atoms with van der Waals surface area (Å²) in [4.78, 5) is 6.96. The van der Waals surface area contributed by atoms with Gasteiger partial charge in [-0.1, -0.05) is 11.6 Å². The van der Waals surface area contributed by atoms with Crippen LogP contribution in [0.4, 0.5) is 5.69 Å². The van der Waals surface area contributed by atoms with E-state index in [1.165, 1.54) is 6.20 Å². The molecule has 2 heterocycles. The number of hydrogen-bond donors (Lipinski definition) is 2. The first-order valence-electron chi connectivity index (χ1n) is 8.77.